The first-order chi connectivity index (χ1) is 12.7. The average Bonchev–Trinajstić information content (AvgIpc) is 3.41. The van der Waals surface area contributed by atoms with Crippen LogP contribution in [0.25, 0.3) is 0 Å². The third-order valence-corrected chi connectivity index (χ3v) is 6.30. The van der Waals surface area contributed by atoms with Crippen molar-refractivity contribution in [1.29, 1.82) is 0 Å². The maximum absolute atomic E-state index is 12.6. The minimum atomic E-state index is -0.0324. The molecule has 4 rings (SSSR count). The van der Waals surface area contributed by atoms with E-state index in [2.05, 4.69) is 15.2 Å². The van der Waals surface area contributed by atoms with Crippen LogP contribution in [0.3, 0.4) is 0 Å². The molecule has 26 heavy (non-hydrogen) atoms. The molecule has 3 heterocycles. The lowest BCUT2D eigenvalue weighted by atomic mass is 9.93. The second-order valence-electron chi connectivity index (χ2n) is 7.86. The topological polar surface area (TPSA) is 72.4 Å². The molecule has 1 saturated heterocycles. The van der Waals surface area contributed by atoms with Crippen molar-refractivity contribution >= 4 is 11.8 Å². The molecule has 0 unspecified atom stereocenters. The highest BCUT2D eigenvalue weighted by molar-refractivity contribution is 5.95. The molecule has 0 radical (unpaired) electrons. The van der Waals surface area contributed by atoms with E-state index in [1.54, 1.807) is 7.05 Å². The van der Waals surface area contributed by atoms with Gasteiger partial charge in [-0.05, 0) is 56.4 Å². The van der Waals surface area contributed by atoms with E-state index in [-0.39, 0.29) is 17.7 Å². The van der Waals surface area contributed by atoms with Crippen molar-refractivity contribution in [1.82, 2.24) is 15.2 Å². The zero-order valence-electron chi connectivity index (χ0n) is 15.6. The Morgan fingerprint density at radius 3 is 2.85 bits per heavy atom. The molecule has 1 aromatic rings. The van der Waals surface area contributed by atoms with Gasteiger partial charge in [0.2, 0.25) is 5.91 Å². The summed E-state index contributed by atoms with van der Waals surface area (Å²) in [5.41, 5.74) is 2.93. The summed E-state index contributed by atoms with van der Waals surface area (Å²) in [6.45, 7) is 3.13. The summed E-state index contributed by atoms with van der Waals surface area (Å²) in [5, 5.41) is 5.86. The van der Waals surface area contributed by atoms with Crippen LogP contribution in [-0.2, 0) is 29.0 Å². The molecule has 6 heteroatoms. The number of carbonyl (C=O) groups is 2. The molecule has 6 nitrogen and oxygen atoms in total. The van der Waals surface area contributed by atoms with E-state index in [0.29, 0.717) is 18.4 Å². The van der Waals surface area contributed by atoms with Crippen LogP contribution in [0.1, 0.15) is 53.8 Å². The van der Waals surface area contributed by atoms with Gasteiger partial charge in [-0.25, -0.2) is 0 Å². The maximum Gasteiger partial charge on any atom is 0.252 e. The minimum absolute atomic E-state index is 0.0324. The Balaban J connectivity index is 1.38. The molecule has 0 spiro atoms. The fourth-order valence-electron chi connectivity index (χ4n) is 4.72. The van der Waals surface area contributed by atoms with Gasteiger partial charge in [0.25, 0.3) is 5.91 Å². The molecule has 0 bridgehead atoms. The first-order valence-electron chi connectivity index (χ1n) is 9.98. The van der Waals surface area contributed by atoms with E-state index < -0.39 is 0 Å². The average molecular weight is 359 g/mol. The number of hydrogen-bond acceptors (Lipinski definition) is 3. The number of rotatable bonds is 5. The molecule has 3 aliphatic rings. The van der Waals surface area contributed by atoms with Crippen molar-refractivity contribution in [2.75, 3.05) is 20.3 Å². The van der Waals surface area contributed by atoms with Crippen molar-refractivity contribution < 1.29 is 14.3 Å². The Labute approximate surface area is 154 Å². The highest BCUT2D eigenvalue weighted by atomic mass is 16.5. The summed E-state index contributed by atoms with van der Waals surface area (Å²) in [6.07, 6.45) is 6.39. The summed E-state index contributed by atoms with van der Waals surface area (Å²) < 4.78 is 7.66. The number of carbonyl (C=O) groups excluding carboxylic acids is 2. The monoisotopic (exact) mass is 359 g/mol. The van der Waals surface area contributed by atoms with Crippen LogP contribution < -0.4 is 10.6 Å². The van der Waals surface area contributed by atoms with Gasteiger partial charge in [-0.2, -0.15) is 0 Å². The van der Waals surface area contributed by atoms with Gasteiger partial charge in [0.15, 0.2) is 0 Å². The summed E-state index contributed by atoms with van der Waals surface area (Å²) in [7, 11) is 1.67. The first-order valence-corrected chi connectivity index (χ1v) is 9.98. The lowest BCUT2D eigenvalue weighted by molar-refractivity contribution is -0.123. The standard InChI is InChI=1S/C20H29N3O3/c1-21-19(24)17-10-14(23-7-3-2-4-18(17)23)12-22-20(25)16-11-15(16)13-5-8-26-9-6-13/h10,13,15-16H,2-9,11-12H2,1H3,(H,21,24)(H,22,25)/t15-,16+/m0/s1. The fourth-order valence-corrected chi connectivity index (χ4v) is 4.72. The zero-order valence-corrected chi connectivity index (χ0v) is 15.6. The lowest BCUT2D eigenvalue weighted by Crippen LogP contribution is -2.28. The van der Waals surface area contributed by atoms with E-state index in [9.17, 15) is 9.59 Å². The highest BCUT2D eigenvalue weighted by Crippen LogP contribution is 2.47. The quantitative estimate of drug-likeness (QED) is 0.843. The van der Waals surface area contributed by atoms with Crippen LogP contribution in [0, 0.1) is 17.8 Å². The van der Waals surface area contributed by atoms with Crippen molar-refractivity contribution in [2.45, 2.75) is 51.6 Å². The SMILES string of the molecule is CNC(=O)c1cc(CNC(=O)[C@@H]2C[C@H]2C2CCOCC2)n2c1CCCC2. The van der Waals surface area contributed by atoms with Gasteiger partial charge in [0.1, 0.15) is 0 Å². The van der Waals surface area contributed by atoms with E-state index in [0.717, 1.165) is 75.2 Å². The molecule has 2 amide bonds. The molecule has 1 aromatic heterocycles. The van der Waals surface area contributed by atoms with Crippen LogP contribution in [0.4, 0.5) is 0 Å². The van der Waals surface area contributed by atoms with E-state index >= 15 is 0 Å². The number of aromatic nitrogens is 1. The normalized spacial score (nSPS) is 25.4. The number of hydrogen-bond donors (Lipinski definition) is 2. The van der Waals surface area contributed by atoms with Gasteiger partial charge in [0.05, 0.1) is 12.1 Å². The molecular weight excluding hydrogens is 330 g/mol. The summed E-state index contributed by atoms with van der Waals surface area (Å²) in [4.78, 5) is 24.7. The molecule has 1 aliphatic carbocycles. The second kappa shape index (κ2) is 7.43. The zero-order chi connectivity index (χ0) is 18.1. The van der Waals surface area contributed by atoms with Crippen LogP contribution >= 0.6 is 0 Å². The van der Waals surface area contributed by atoms with Gasteiger partial charge in [-0.3, -0.25) is 9.59 Å². The number of amides is 2. The molecule has 2 fully saturated rings. The third kappa shape index (κ3) is 3.39. The predicted octanol–water partition coefficient (Wildman–Crippen LogP) is 1.86. The van der Waals surface area contributed by atoms with Gasteiger partial charge < -0.3 is 19.9 Å². The van der Waals surface area contributed by atoms with E-state index in [1.807, 2.05) is 6.07 Å². The molecule has 2 N–H and O–H groups in total. The minimum Gasteiger partial charge on any atom is -0.381 e. The Bertz CT molecular complexity index is 691. The van der Waals surface area contributed by atoms with Gasteiger partial charge >= 0.3 is 0 Å². The van der Waals surface area contributed by atoms with Gasteiger partial charge in [-0.1, -0.05) is 0 Å². The van der Waals surface area contributed by atoms with Crippen molar-refractivity contribution in [3.8, 4) is 0 Å². The third-order valence-electron chi connectivity index (χ3n) is 6.30. The van der Waals surface area contributed by atoms with Gasteiger partial charge in [-0.15, -0.1) is 0 Å². The second-order valence-corrected chi connectivity index (χ2v) is 7.86. The van der Waals surface area contributed by atoms with Crippen LogP contribution in [0.15, 0.2) is 6.07 Å². The molecule has 1 saturated carbocycles. The Kier molecular flexibility index (Phi) is 5.02. The Morgan fingerprint density at radius 2 is 2.08 bits per heavy atom. The number of ether oxygens (including phenoxy) is 1. The number of nitrogens with one attached hydrogen (secondary N) is 2. The smallest absolute Gasteiger partial charge is 0.252 e. The van der Waals surface area contributed by atoms with Crippen molar-refractivity contribution in [3.05, 3.63) is 23.0 Å². The fraction of sp³-hybridized carbons (Fsp3) is 0.700. The van der Waals surface area contributed by atoms with E-state index in [1.165, 1.54) is 0 Å². The maximum atomic E-state index is 12.6. The van der Waals surface area contributed by atoms with Crippen molar-refractivity contribution in [3.63, 3.8) is 0 Å². The first kappa shape index (κ1) is 17.6. The molecular formula is C20H29N3O3. The van der Waals surface area contributed by atoms with Gasteiger partial charge in [0, 0.05) is 44.1 Å². The van der Waals surface area contributed by atoms with E-state index in [4.69, 9.17) is 4.74 Å². The number of fused-ring (bicyclic) bond motifs is 1. The predicted molar refractivity (Wildman–Crippen MR) is 97.7 cm³/mol. The summed E-state index contributed by atoms with van der Waals surface area (Å²) in [5.74, 6) is 1.51. The molecule has 2 atom stereocenters. The molecule has 2 aliphatic heterocycles. The molecule has 142 valence electrons. The van der Waals surface area contributed by atoms with Crippen molar-refractivity contribution in [2.24, 2.45) is 17.8 Å². The Hall–Kier alpha value is -1.82. The highest BCUT2D eigenvalue weighted by Gasteiger charge is 2.47. The largest absolute Gasteiger partial charge is 0.381 e. The Morgan fingerprint density at radius 1 is 1.27 bits per heavy atom. The number of nitrogens with zero attached hydrogens (tertiary/aromatic N) is 1. The summed E-state index contributed by atoms with van der Waals surface area (Å²) >= 11 is 0. The summed E-state index contributed by atoms with van der Waals surface area (Å²) in [6, 6.07) is 1.96. The van der Waals surface area contributed by atoms with Crippen LogP contribution in [0.5, 0.6) is 0 Å². The lowest BCUT2D eigenvalue weighted by Gasteiger charge is -2.22. The van der Waals surface area contributed by atoms with Crippen LogP contribution in [0.2, 0.25) is 0 Å². The van der Waals surface area contributed by atoms with Crippen LogP contribution in [-0.4, -0.2) is 36.6 Å². The molecule has 0 aromatic carbocycles.